The van der Waals surface area contributed by atoms with E-state index in [9.17, 15) is 4.21 Å². The van der Waals surface area contributed by atoms with Crippen molar-refractivity contribution >= 4 is 22.6 Å². The molecule has 6 heteroatoms. The van der Waals surface area contributed by atoms with Gasteiger partial charge in [-0.2, -0.15) is 0 Å². The van der Waals surface area contributed by atoms with Gasteiger partial charge in [-0.25, -0.2) is 9.19 Å². The van der Waals surface area contributed by atoms with Crippen LogP contribution in [0.1, 0.15) is 46.6 Å². The highest BCUT2D eigenvalue weighted by Crippen LogP contribution is 2.37. The van der Waals surface area contributed by atoms with Crippen LogP contribution in [-0.4, -0.2) is 21.0 Å². The predicted molar refractivity (Wildman–Crippen MR) is 93.5 cm³/mol. The molecule has 2 atom stereocenters. The first-order chi connectivity index (χ1) is 9.97. The van der Waals surface area contributed by atoms with E-state index in [0.717, 1.165) is 18.4 Å². The molecule has 0 bridgehead atoms. The summed E-state index contributed by atoms with van der Waals surface area (Å²) in [6, 6.07) is 1.92. The fourth-order valence-electron chi connectivity index (χ4n) is 2.37. The summed E-state index contributed by atoms with van der Waals surface area (Å²) < 4.78 is 16.6. The van der Waals surface area contributed by atoms with Crippen molar-refractivity contribution in [1.29, 1.82) is 0 Å². The highest BCUT2D eigenvalue weighted by atomic mass is 35.5. The molecule has 22 heavy (non-hydrogen) atoms. The van der Waals surface area contributed by atoms with Gasteiger partial charge in [0, 0.05) is 6.20 Å². The van der Waals surface area contributed by atoms with Crippen LogP contribution >= 0.6 is 11.6 Å². The van der Waals surface area contributed by atoms with Gasteiger partial charge in [0.25, 0.3) is 0 Å². The molecule has 4 nitrogen and oxygen atoms in total. The quantitative estimate of drug-likeness (QED) is 0.798. The van der Waals surface area contributed by atoms with E-state index in [1.807, 2.05) is 19.9 Å². The second kappa shape index (κ2) is 7.28. The van der Waals surface area contributed by atoms with Crippen molar-refractivity contribution in [1.82, 2.24) is 4.98 Å². The summed E-state index contributed by atoms with van der Waals surface area (Å²) in [6.07, 6.45) is 3.35. The van der Waals surface area contributed by atoms with Gasteiger partial charge in [0.2, 0.25) is 0 Å². The van der Waals surface area contributed by atoms with Crippen molar-refractivity contribution in [3.05, 3.63) is 23.0 Å². The maximum absolute atomic E-state index is 11.8. The molecule has 126 valence electrons. The Morgan fingerprint density at radius 3 is 2.41 bits per heavy atom. The van der Waals surface area contributed by atoms with Gasteiger partial charge in [-0.15, -0.1) is 0 Å². The monoisotopic (exact) mass is 346 g/mol. The molecule has 1 aromatic heterocycles. The number of hydrogen-bond donors (Lipinski definition) is 1. The van der Waals surface area contributed by atoms with Gasteiger partial charge in [-0.1, -0.05) is 32.4 Å². The first-order valence-electron chi connectivity index (χ1n) is 7.32. The first-order valence-corrected chi connectivity index (χ1v) is 8.91. The van der Waals surface area contributed by atoms with E-state index in [2.05, 4.69) is 25.8 Å². The lowest BCUT2D eigenvalue weighted by Gasteiger charge is -2.36. The van der Waals surface area contributed by atoms with Crippen molar-refractivity contribution in [2.75, 3.05) is 7.11 Å². The maximum atomic E-state index is 11.8. The molecule has 0 aliphatic heterocycles. The third-order valence-corrected chi connectivity index (χ3v) is 5.61. The number of aromatic nitrogens is 1. The lowest BCUT2D eigenvalue weighted by atomic mass is 9.73. The van der Waals surface area contributed by atoms with E-state index in [1.165, 1.54) is 0 Å². The number of halogens is 1. The molecule has 1 rings (SSSR count). The average molecular weight is 347 g/mol. The molecule has 1 heterocycles. The van der Waals surface area contributed by atoms with E-state index in [4.69, 9.17) is 21.5 Å². The molecule has 0 aliphatic carbocycles. The number of nitrogens with zero attached hydrogens (tertiary/aromatic N) is 1. The van der Waals surface area contributed by atoms with Crippen LogP contribution in [0.3, 0.4) is 0 Å². The lowest BCUT2D eigenvalue weighted by Crippen LogP contribution is -2.38. The summed E-state index contributed by atoms with van der Waals surface area (Å²) in [7, 11) is 0.218. The Morgan fingerprint density at radius 2 is 1.95 bits per heavy atom. The molecule has 1 aromatic rings. The molecule has 0 saturated heterocycles. The zero-order valence-corrected chi connectivity index (χ0v) is 15.8. The van der Waals surface area contributed by atoms with Crippen LogP contribution in [0, 0.1) is 11.3 Å². The molecule has 0 spiro atoms. The van der Waals surface area contributed by atoms with Gasteiger partial charge in [-0.05, 0) is 49.7 Å². The van der Waals surface area contributed by atoms with Crippen molar-refractivity contribution in [2.45, 2.75) is 52.2 Å². The maximum Gasteiger partial charge on any atom is 0.171 e. The molecule has 0 fully saturated rings. The molecular weight excluding hydrogens is 320 g/mol. The normalized spacial score (nSPS) is 15.5. The zero-order chi connectivity index (χ0) is 17.1. The highest BCUT2D eigenvalue weighted by molar-refractivity contribution is 7.84. The highest BCUT2D eigenvalue weighted by Gasteiger charge is 2.34. The molecule has 0 aliphatic rings. The number of pyridine rings is 1. The fraction of sp³-hybridized carbons (Fsp3) is 0.688. The van der Waals surface area contributed by atoms with E-state index in [-0.39, 0.29) is 5.41 Å². The number of ether oxygens (including phenoxy) is 1. The summed E-state index contributed by atoms with van der Waals surface area (Å²) in [5.74, 6) is 0.885. The Labute approximate surface area is 141 Å². The van der Waals surface area contributed by atoms with Gasteiger partial charge in [0.1, 0.15) is 0 Å². The van der Waals surface area contributed by atoms with Gasteiger partial charge in [0.15, 0.2) is 10.9 Å². The SMILES string of the molecule is COc1cc(C[C@H](CC(C)(C)S(N)=O)C(C)(C)C)cnc1Cl. The van der Waals surface area contributed by atoms with Crippen LogP contribution in [0.4, 0.5) is 0 Å². The third kappa shape index (κ3) is 5.21. The average Bonchev–Trinajstić information content (AvgIpc) is 2.38. The Hall–Kier alpha value is -0.650. The smallest absolute Gasteiger partial charge is 0.171 e. The minimum Gasteiger partial charge on any atom is -0.494 e. The van der Waals surface area contributed by atoms with Crippen molar-refractivity contribution < 1.29 is 8.95 Å². The summed E-state index contributed by atoms with van der Waals surface area (Å²) in [5.41, 5.74) is 1.11. The summed E-state index contributed by atoms with van der Waals surface area (Å²) in [4.78, 5) is 4.17. The Balaban J connectivity index is 3.03. The van der Waals surface area contributed by atoms with Gasteiger partial charge in [-0.3, -0.25) is 5.14 Å². The zero-order valence-electron chi connectivity index (χ0n) is 14.3. The second-order valence-electron chi connectivity index (χ2n) is 7.36. The second-order valence-corrected chi connectivity index (χ2v) is 9.42. The van der Waals surface area contributed by atoms with E-state index < -0.39 is 15.7 Å². The number of hydrogen-bond acceptors (Lipinski definition) is 3. The van der Waals surface area contributed by atoms with Crippen molar-refractivity contribution in [2.24, 2.45) is 16.5 Å². The Bertz CT molecular complexity index is 541. The van der Waals surface area contributed by atoms with Crippen LogP contribution in [0.15, 0.2) is 12.3 Å². The van der Waals surface area contributed by atoms with E-state index >= 15 is 0 Å². The molecule has 1 unspecified atom stereocenters. The minimum absolute atomic E-state index is 0.0590. The first kappa shape index (κ1) is 19.4. The van der Waals surface area contributed by atoms with Gasteiger partial charge in [0.05, 0.1) is 22.8 Å². The molecule has 0 amide bonds. The van der Waals surface area contributed by atoms with E-state index in [1.54, 1.807) is 13.3 Å². The molecular formula is C16H27ClN2O2S. The summed E-state index contributed by atoms with van der Waals surface area (Å²) in [5, 5.41) is 6.01. The van der Waals surface area contributed by atoms with Crippen LogP contribution < -0.4 is 9.88 Å². The summed E-state index contributed by atoms with van der Waals surface area (Å²) >= 11 is 5.98. The van der Waals surface area contributed by atoms with Gasteiger partial charge >= 0.3 is 0 Å². The molecule has 0 radical (unpaired) electrons. The van der Waals surface area contributed by atoms with Crippen LogP contribution in [-0.2, 0) is 17.4 Å². The molecule has 0 saturated carbocycles. The van der Waals surface area contributed by atoms with Crippen LogP contribution in [0.25, 0.3) is 0 Å². The molecule has 2 N–H and O–H groups in total. The van der Waals surface area contributed by atoms with Crippen molar-refractivity contribution in [3.63, 3.8) is 0 Å². The topological polar surface area (TPSA) is 65.2 Å². The van der Waals surface area contributed by atoms with Crippen molar-refractivity contribution in [3.8, 4) is 5.75 Å². The predicted octanol–water partition coefficient (Wildman–Crippen LogP) is 3.74. The lowest BCUT2D eigenvalue weighted by molar-refractivity contribution is 0.209. The number of methoxy groups -OCH3 is 1. The number of nitrogens with two attached hydrogens (primary N) is 1. The van der Waals surface area contributed by atoms with Gasteiger partial charge < -0.3 is 4.74 Å². The standard InChI is InChI=1S/C16H27ClN2O2S/c1-15(2,3)12(9-16(4,5)22(18)20)7-11-8-13(21-6)14(17)19-10-11/h8,10,12H,7,9,18H2,1-6H3/t12-,22?/m1/s1. The van der Waals surface area contributed by atoms with Crippen LogP contribution in [0.2, 0.25) is 5.15 Å². The van der Waals surface area contributed by atoms with E-state index in [0.29, 0.717) is 16.8 Å². The Morgan fingerprint density at radius 1 is 1.36 bits per heavy atom. The largest absolute Gasteiger partial charge is 0.494 e. The number of rotatable bonds is 6. The fourth-order valence-corrected chi connectivity index (χ4v) is 2.91. The third-order valence-electron chi connectivity index (χ3n) is 4.07. The molecule has 0 aromatic carbocycles. The van der Waals surface area contributed by atoms with Crippen LogP contribution in [0.5, 0.6) is 5.75 Å². The minimum atomic E-state index is -1.36. The Kier molecular flexibility index (Phi) is 6.42. The summed E-state index contributed by atoms with van der Waals surface area (Å²) in [6.45, 7) is 10.5.